The highest BCUT2D eigenvalue weighted by Gasteiger charge is 2.15. The van der Waals surface area contributed by atoms with Crippen LogP contribution in [-0.2, 0) is 11.3 Å². The second-order valence-electron chi connectivity index (χ2n) is 5.98. The van der Waals surface area contributed by atoms with Gasteiger partial charge >= 0.3 is 5.63 Å². The molecule has 3 aromatic heterocycles. The molecule has 0 saturated carbocycles. The summed E-state index contributed by atoms with van der Waals surface area (Å²) in [6, 6.07) is 13.7. The van der Waals surface area contributed by atoms with Crippen molar-refractivity contribution in [3.63, 3.8) is 0 Å². The summed E-state index contributed by atoms with van der Waals surface area (Å²) < 4.78 is 12.5. The summed E-state index contributed by atoms with van der Waals surface area (Å²) in [5.74, 6) is 0.166. The summed E-state index contributed by atoms with van der Waals surface area (Å²) in [7, 11) is 0. The number of fused-ring (bicyclic) bond motifs is 2. The Kier molecular flexibility index (Phi) is 4.29. The van der Waals surface area contributed by atoms with Crippen LogP contribution in [0.15, 0.2) is 64.1 Å². The number of rotatable bonds is 5. The first kappa shape index (κ1) is 16.8. The van der Waals surface area contributed by atoms with Gasteiger partial charge in [-0.05, 0) is 37.3 Å². The number of amides is 1. The predicted molar refractivity (Wildman–Crippen MR) is 97.4 cm³/mol. The Bertz CT molecular complexity index is 1180. The Morgan fingerprint density at radius 2 is 2.11 bits per heavy atom. The van der Waals surface area contributed by atoms with Crippen molar-refractivity contribution in [3.05, 3.63) is 71.0 Å². The molecule has 8 nitrogen and oxygen atoms in total. The maximum absolute atomic E-state index is 12.4. The fourth-order valence-electron chi connectivity index (χ4n) is 2.73. The third-order valence-corrected chi connectivity index (χ3v) is 4.10. The second kappa shape index (κ2) is 6.91. The fraction of sp³-hybridized carbons (Fsp3) is 0.158. The Labute approximate surface area is 153 Å². The molecule has 4 aromatic rings. The number of carbonyl (C=O) groups excluding carboxylic acids is 1. The quantitative estimate of drug-likeness (QED) is 0.543. The normalized spacial score (nSPS) is 12.2. The molecular formula is C19H16N4O4. The van der Waals surface area contributed by atoms with Crippen LogP contribution in [-0.4, -0.2) is 26.6 Å². The van der Waals surface area contributed by atoms with Crippen LogP contribution in [0.2, 0.25) is 0 Å². The van der Waals surface area contributed by atoms with E-state index in [1.54, 1.807) is 35.7 Å². The average molecular weight is 364 g/mol. The molecule has 4 rings (SSSR count). The number of ether oxygens (including phenoxy) is 1. The second-order valence-corrected chi connectivity index (χ2v) is 5.98. The van der Waals surface area contributed by atoms with Gasteiger partial charge in [0, 0.05) is 17.5 Å². The van der Waals surface area contributed by atoms with Gasteiger partial charge < -0.3 is 14.5 Å². The van der Waals surface area contributed by atoms with Crippen LogP contribution in [0.5, 0.6) is 5.75 Å². The van der Waals surface area contributed by atoms with Crippen molar-refractivity contribution in [2.45, 2.75) is 19.6 Å². The highest BCUT2D eigenvalue weighted by atomic mass is 16.5. The zero-order valence-corrected chi connectivity index (χ0v) is 14.5. The number of hydrogen-bond donors (Lipinski definition) is 1. The third-order valence-electron chi connectivity index (χ3n) is 4.10. The standard InChI is InChI=1S/C19H16N4O4/c1-12(26-15-7-5-13-6-8-18(24)27-16(13)9-15)19(25)20-10-14-3-2-4-17-21-11-22-23(14)17/h2-9,11-12H,10H2,1H3,(H,20,25). The molecule has 0 spiro atoms. The monoisotopic (exact) mass is 364 g/mol. The van der Waals surface area contributed by atoms with E-state index in [1.165, 1.54) is 12.4 Å². The van der Waals surface area contributed by atoms with Crippen LogP contribution in [0.3, 0.4) is 0 Å². The van der Waals surface area contributed by atoms with Crippen LogP contribution < -0.4 is 15.7 Å². The fourth-order valence-corrected chi connectivity index (χ4v) is 2.73. The van der Waals surface area contributed by atoms with E-state index in [-0.39, 0.29) is 5.91 Å². The largest absolute Gasteiger partial charge is 0.481 e. The molecule has 0 aliphatic heterocycles. The molecule has 0 fully saturated rings. The molecule has 0 saturated heterocycles. The number of aromatic nitrogens is 3. The molecule has 0 aliphatic carbocycles. The minimum atomic E-state index is -0.729. The third kappa shape index (κ3) is 3.50. The van der Waals surface area contributed by atoms with E-state index in [1.807, 2.05) is 18.2 Å². The van der Waals surface area contributed by atoms with Crippen molar-refractivity contribution in [1.29, 1.82) is 0 Å². The molecule has 1 aromatic carbocycles. The molecule has 0 bridgehead atoms. The van der Waals surface area contributed by atoms with Crippen molar-refractivity contribution in [2.75, 3.05) is 0 Å². The van der Waals surface area contributed by atoms with Gasteiger partial charge in [0.25, 0.3) is 5.91 Å². The zero-order chi connectivity index (χ0) is 18.8. The number of nitrogens with one attached hydrogen (secondary N) is 1. The summed E-state index contributed by atoms with van der Waals surface area (Å²) in [5.41, 5.74) is 1.49. The number of benzene rings is 1. The Hall–Kier alpha value is -3.68. The van der Waals surface area contributed by atoms with Gasteiger partial charge in [0.05, 0.1) is 12.2 Å². The maximum Gasteiger partial charge on any atom is 0.336 e. The van der Waals surface area contributed by atoms with Crippen LogP contribution >= 0.6 is 0 Å². The van der Waals surface area contributed by atoms with E-state index in [4.69, 9.17) is 9.15 Å². The van der Waals surface area contributed by atoms with Gasteiger partial charge in [0.2, 0.25) is 0 Å². The highest BCUT2D eigenvalue weighted by Crippen LogP contribution is 2.20. The van der Waals surface area contributed by atoms with E-state index in [9.17, 15) is 9.59 Å². The molecule has 136 valence electrons. The first-order valence-corrected chi connectivity index (χ1v) is 8.36. The van der Waals surface area contributed by atoms with Gasteiger partial charge in [-0.3, -0.25) is 4.79 Å². The Morgan fingerprint density at radius 1 is 1.26 bits per heavy atom. The van der Waals surface area contributed by atoms with Gasteiger partial charge in [0.15, 0.2) is 11.8 Å². The summed E-state index contributed by atoms with van der Waals surface area (Å²) in [5, 5.41) is 7.73. The van der Waals surface area contributed by atoms with Crippen molar-refractivity contribution in [2.24, 2.45) is 0 Å². The molecule has 27 heavy (non-hydrogen) atoms. The molecule has 1 amide bonds. The van der Waals surface area contributed by atoms with Crippen molar-refractivity contribution >= 4 is 22.5 Å². The van der Waals surface area contributed by atoms with Crippen molar-refractivity contribution < 1.29 is 13.9 Å². The Morgan fingerprint density at radius 3 is 3.00 bits per heavy atom. The minimum absolute atomic E-state index is 0.276. The van der Waals surface area contributed by atoms with Gasteiger partial charge in [-0.2, -0.15) is 5.10 Å². The molecule has 0 aliphatic rings. The summed E-state index contributed by atoms with van der Waals surface area (Å²) >= 11 is 0. The highest BCUT2D eigenvalue weighted by molar-refractivity contribution is 5.81. The lowest BCUT2D eigenvalue weighted by atomic mass is 10.2. The van der Waals surface area contributed by atoms with Crippen molar-refractivity contribution in [3.8, 4) is 5.75 Å². The van der Waals surface area contributed by atoms with Gasteiger partial charge in [-0.25, -0.2) is 14.3 Å². The maximum atomic E-state index is 12.4. The smallest absolute Gasteiger partial charge is 0.336 e. The van der Waals surface area contributed by atoms with Crippen molar-refractivity contribution in [1.82, 2.24) is 19.9 Å². The average Bonchev–Trinajstić information content (AvgIpc) is 3.15. The first-order valence-electron chi connectivity index (χ1n) is 8.36. The number of pyridine rings is 1. The number of carbonyl (C=O) groups is 1. The van der Waals surface area contributed by atoms with Gasteiger partial charge in [-0.1, -0.05) is 6.07 Å². The number of nitrogens with zero attached hydrogens (tertiary/aromatic N) is 3. The zero-order valence-electron chi connectivity index (χ0n) is 14.5. The predicted octanol–water partition coefficient (Wildman–Crippen LogP) is 1.92. The van der Waals surface area contributed by atoms with Gasteiger partial charge in [0.1, 0.15) is 17.7 Å². The SMILES string of the molecule is CC(Oc1ccc2ccc(=O)oc2c1)C(=O)NCc1cccc2ncnn12. The van der Waals surface area contributed by atoms with E-state index >= 15 is 0 Å². The van der Waals surface area contributed by atoms with E-state index in [0.717, 1.165) is 11.1 Å². The summed E-state index contributed by atoms with van der Waals surface area (Å²) in [4.78, 5) is 27.8. The lowest BCUT2D eigenvalue weighted by Gasteiger charge is -2.15. The molecule has 1 unspecified atom stereocenters. The van der Waals surface area contributed by atoms with Crippen LogP contribution in [0.4, 0.5) is 0 Å². The van der Waals surface area contributed by atoms with Crippen LogP contribution in [0.1, 0.15) is 12.6 Å². The lowest BCUT2D eigenvalue weighted by Crippen LogP contribution is -2.36. The summed E-state index contributed by atoms with van der Waals surface area (Å²) in [6.07, 6.45) is 0.734. The van der Waals surface area contributed by atoms with Crippen LogP contribution in [0.25, 0.3) is 16.6 Å². The molecule has 0 radical (unpaired) electrons. The topological polar surface area (TPSA) is 98.7 Å². The lowest BCUT2D eigenvalue weighted by molar-refractivity contribution is -0.127. The molecule has 3 heterocycles. The Balaban J connectivity index is 1.43. The first-order chi connectivity index (χ1) is 13.1. The van der Waals surface area contributed by atoms with E-state index in [2.05, 4.69) is 15.4 Å². The summed E-state index contributed by atoms with van der Waals surface area (Å²) in [6.45, 7) is 1.94. The van der Waals surface area contributed by atoms with Gasteiger partial charge in [-0.15, -0.1) is 0 Å². The number of hydrogen-bond acceptors (Lipinski definition) is 6. The van der Waals surface area contributed by atoms with E-state index in [0.29, 0.717) is 23.5 Å². The molecular weight excluding hydrogens is 348 g/mol. The van der Waals surface area contributed by atoms with Crippen LogP contribution in [0, 0.1) is 0 Å². The minimum Gasteiger partial charge on any atom is -0.481 e. The molecule has 1 atom stereocenters. The van der Waals surface area contributed by atoms with E-state index < -0.39 is 11.7 Å². The molecule has 8 heteroatoms. The molecule has 1 N–H and O–H groups in total.